The van der Waals surface area contributed by atoms with Gasteiger partial charge in [0.15, 0.2) is 12.6 Å². The summed E-state index contributed by atoms with van der Waals surface area (Å²) in [5.41, 5.74) is 0. The minimum Gasteiger partial charge on any atom is -0.396 e. The Labute approximate surface area is 214 Å². The molecule has 216 valence electrons. The normalized spacial score (nSPS) is 38.0. The van der Waals surface area contributed by atoms with Gasteiger partial charge in [-0.25, -0.2) is 0 Å². The van der Waals surface area contributed by atoms with Crippen LogP contribution in [0.4, 0.5) is 0 Å². The number of aliphatic hydroxyl groups is 6. The van der Waals surface area contributed by atoms with Gasteiger partial charge in [0.1, 0.15) is 36.6 Å². The molecule has 15 nitrogen and oxygen atoms in total. The Morgan fingerprint density at radius 2 is 1.22 bits per heavy atom. The number of rotatable bonds is 12. The fraction of sp³-hybridized carbons (Fsp3) is 0.909. The Kier molecular flexibility index (Phi) is 12.5. The second-order valence-electron chi connectivity index (χ2n) is 9.06. The molecule has 2 fully saturated rings. The smallest absolute Gasteiger partial charge is 0.249 e. The first kappa shape index (κ1) is 31.7. The molecule has 0 unspecified atom stereocenters. The van der Waals surface area contributed by atoms with E-state index in [1.807, 2.05) is 0 Å². The number of carbonyl (C=O) groups is 2. The molecule has 0 aromatic rings. The molecule has 15 heteroatoms. The lowest BCUT2D eigenvalue weighted by Gasteiger charge is -2.48. The van der Waals surface area contributed by atoms with Crippen LogP contribution >= 0.6 is 0 Å². The van der Waals surface area contributed by atoms with Crippen molar-refractivity contribution in [3.8, 4) is 0 Å². The zero-order valence-electron chi connectivity index (χ0n) is 21.3. The van der Waals surface area contributed by atoms with Crippen molar-refractivity contribution < 1.29 is 63.9 Å². The fourth-order valence-corrected chi connectivity index (χ4v) is 4.32. The highest BCUT2D eigenvalue weighted by molar-refractivity contribution is 5.81. The molecule has 2 aliphatic heterocycles. The zero-order chi connectivity index (χ0) is 27.9. The van der Waals surface area contributed by atoms with E-state index in [1.165, 1.54) is 14.2 Å². The van der Waals surface area contributed by atoms with Gasteiger partial charge in [-0.05, 0) is 13.8 Å². The number of ether oxygens (including phenoxy) is 5. The summed E-state index contributed by atoms with van der Waals surface area (Å²) >= 11 is 0. The first-order chi connectivity index (χ1) is 17.5. The maximum Gasteiger partial charge on any atom is 0.249 e. The van der Waals surface area contributed by atoms with E-state index in [1.54, 1.807) is 13.8 Å². The van der Waals surface area contributed by atoms with Gasteiger partial charge < -0.3 is 65.0 Å². The highest BCUT2D eigenvalue weighted by Crippen LogP contribution is 2.30. The van der Waals surface area contributed by atoms with Crippen molar-refractivity contribution in [2.45, 2.75) is 100 Å². The van der Waals surface area contributed by atoms with Crippen LogP contribution in [0, 0.1) is 0 Å². The standard InChI is InChI=1S/C22H40N2O13/c1-9-14(24-20(32)12(28)6-8-26)16(30)18(21(34-4)35-9)37-22-17(33-3)15(29)13(10(2)36-22)23-19(31)11(27)5-7-25/h9-18,21-22,25-30H,5-8H2,1-4H3,(H,23,31)(H,24,32)/t9-,10-,11+,12+,13-,14-,15+,16+,17+,18+,21+,22-/m1/s1. The van der Waals surface area contributed by atoms with Crippen molar-refractivity contribution in [1.29, 1.82) is 0 Å². The molecular formula is C22H40N2O13. The summed E-state index contributed by atoms with van der Waals surface area (Å²) in [6.07, 6.45) is -12.6. The minimum atomic E-state index is -1.50. The predicted octanol–water partition coefficient (Wildman–Crippen LogP) is -4.30. The fourth-order valence-electron chi connectivity index (χ4n) is 4.32. The van der Waals surface area contributed by atoms with Gasteiger partial charge in [-0.3, -0.25) is 9.59 Å². The van der Waals surface area contributed by atoms with E-state index >= 15 is 0 Å². The average Bonchev–Trinajstić information content (AvgIpc) is 2.85. The molecule has 0 saturated carbocycles. The molecule has 0 bridgehead atoms. The van der Waals surface area contributed by atoms with E-state index < -0.39 is 98.5 Å². The van der Waals surface area contributed by atoms with Gasteiger partial charge in [-0.1, -0.05) is 0 Å². The second-order valence-corrected chi connectivity index (χ2v) is 9.06. The van der Waals surface area contributed by atoms with Crippen molar-refractivity contribution in [2.24, 2.45) is 0 Å². The van der Waals surface area contributed by atoms with Crippen LogP contribution < -0.4 is 10.6 Å². The number of hydrogen-bond acceptors (Lipinski definition) is 13. The molecule has 2 rings (SSSR count). The number of hydrogen-bond donors (Lipinski definition) is 8. The quantitative estimate of drug-likeness (QED) is 0.117. The van der Waals surface area contributed by atoms with Crippen LogP contribution in [-0.2, 0) is 33.3 Å². The third-order valence-electron chi connectivity index (χ3n) is 6.48. The Morgan fingerprint density at radius 1 is 0.784 bits per heavy atom. The van der Waals surface area contributed by atoms with Crippen molar-refractivity contribution in [2.75, 3.05) is 27.4 Å². The van der Waals surface area contributed by atoms with Crippen LogP contribution in [0.3, 0.4) is 0 Å². The summed E-state index contributed by atoms with van der Waals surface area (Å²) < 4.78 is 28.2. The Bertz CT molecular complexity index is 731. The van der Waals surface area contributed by atoms with Crippen molar-refractivity contribution >= 4 is 11.8 Å². The van der Waals surface area contributed by atoms with Crippen LogP contribution in [0.25, 0.3) is 0 Å². The summed E-state index contributed by atoms with van der Waals surface area (Å²) in [5.74, 6) is -1.63. The van der Waals surface area contributed by atoms with Gasteiger partial charge in [-0.15, -0.1) is 0 Å². The summed E-state index contributed by atoms with van der Waals surface area (Å²) in [6.45, 7) is 2.31. The molecule has 2 heterocycles. The van der Waals surface area contributed by atoms with E-state index in [4.69, 9.17) is 33.9 Å². The first-order valence-corrected chi connectivity index (χ1v) is 12.1. The number of methoxy groups -OCH3 is 2. The average molecular weight is 541 g/mol. The summed E-state index contributed by atoms with van der Waals surface area (Å²) in [6, 6.07) is -2.04. The lowest BCUT2D eigenvalue weighted by molar-refractivity contribution is -0.345. The van der Waals surface area contributed by atoms with E-state index in [0.717, 1.165) is 0 Å². The summed E-state index contributed by atoms with van der Waals surface area (Å²) in [4.78, 5) is 24.5. The van der Waals surface area contributed by atoms with Gasteiger partial charge in [0.05, 0.1) is 24.3 Å². The van der Waals surface area contributed by atoms with E-state index in [9.17, 15) is 30.0 Å². The van der Waals surface area contributed by atoms with E-state index in [2.05, 4.69) is 10.6 Å². The van der Waals surface area contributed by atoms with Crippen molar-refractivity contribution in [3.05, 3.63) is 0 Å². The van der Waals surface area contributed by atoms with Crippen LogP contribution in [0.2, 0.25) is 0 Å². The topological polar surface area (TPSA) is 226 Å². The molecule has 37 heavy (non-hydrogen) atoms. The van der Waals surface area contributed by atoms with Gasteiger partial charge in [0, 0.05) is 40.3 Å². The lowest BCUT2D eigenvalue weighted by Crippen LogP contribution is -2.68. The summed E-state index contributed by atoms with van der Waals surface area (Å²) in [7, 11) is 2.60. The molecule has 2 aliphatic rings. The molecule has 0 radical (unpaired) electrons. The van der Waals surface area contributed by atoms with Crippen LogP contribution in [-0.4, -0.2) is 143 Å². The molecule has 2 saturated heterocycles. The summed E-state index contributed by atoms with van der Waals surface area (Å²) in [5, 5.41) is 64.5. The third-order valence-corrected chi connectivity index (χ3v) is 6.48. The van der Waals surface area contributed by atoms with Crippen molar-refractivity contribution in [3.63, 3.8) is 0 Å². The lowest BCUT2D eigenvalue weighted by atomic mass is 9.94. The van der Waals surface area contributed by atoms with Crippen LogP contribution in [0.15, 0.2) is 0 Å². The number of amides is 2. The molecule has 0 aliphatic carbocycles. The first-order valence-electron chi connectivity index (χ1n) is 12.1. The zero-order valence-corrected chi connectivity index (χ0v) is 21.3. The second kappa shape index (κ2) is 14.6. The Morgan fingerprint density at radius 3 is 1.62 bits per heavy atom. The minimum absolute atomic E-state index is 0.186. The van der Waals surface area contributed by atoms with E-state index in [-0.39, 0.29) is 12.8 Å². The van der Waals surface area contributed by atoms with Crippen LogP contribution in [0.1, 0.15) is 26.7 Å². The van der Waals surface area contributed by atoms with Gasteiger partial charge in [0.2, 0.25) is 11.8 Å². The molecular weight excluding hydrogens is 500 g/mol. The van der Waals surface area contributed by atoms with Gasteiger partial charge >= 0.3 is 0 Å². The number of nitrogens with one attached hydrogen (secondary N) is 2. The SMILES string of the molecule is CO[C@H]1O[C@H](C)[C@@H](NC(=O)[C@@H](O)CCO)[C@H](O)[C@@H]1O[C@H]1O[C@H](C)[C@@H](NC(=O)[C@@H](O)CCO)[C@H](O)[C@@H]1OC. The third kappa shape index (κ3) is 7.77. The molecule has 12 atom stereocenters. The van der Waals surface area contributed by atoms with Gasteiger partial charge in [0.25, 0.3) is 0 Å². The van der Waals surface area contributed by atoms with Crippen LogP contribution in [0.5, 0.6) is 0 Å². The Hall–Kier alpha value is -1.50. The Balaban J connectivity index is 2.16. The molecule has 0 aromatic carbocycles. The molecule has 0 spiro atoms. The predicted molar refractivity (Wildman–Crippen MR) is 123 cm³/mol. The van der Waals surface area contributed by atoms with Crippen molar-refractivity contribution in [1.82, 2.24) is 10.6 Å². The molecule has 2 amide bonds. The number of aliphatic hydroxyl groups excluding tert-OH is 6. The maximum absolute atomic E-state index is 12.3. The highest BCUT2D eigenvalue weighted by atomic mass is 16.7. The van der Waals surface area contributed by atoms with Gasteiger partial charge in [-0.2, -0.15) is 0 Å². The number of carbonyl (C=O) groups excluding carboxylic acids is 2. The highest BCUT2D eigenvalue weighted by Gasteiger charge is 2.51. The molecule has 0 aromatic heterocycles. The van der Waals surface area contributed by atoms with E-state index in [0.29, 0.717) is 0 Å². The maximum atomic E-state index is 12.3. The molecule has 8 N–H and O–H groups in total. The largest absolute Gasteiger partial charge is 0.396 e. The monoisotopic (exact) mass is 540 g/mol.